The summed E-state index contributed by atoms with van der Waals surface area (Å²) in [4.78, 5) is 0. The zero-order chi connectivity index (χ0) is 14.3. The van der Waals surface area contributed by atoms with Crippen LogP contribution in [-0.4, -0.2) is 44.1 Å². The van der Waals surface area contributed by atoms with Crippen molar-refractivity contribution < 1.29 is 13.5 Å². The molecule has 0 atom stereocenters. The average Bonchev–Trinajstić information content (AvgIpc) is 2.38. The van der Waals surface area contributed by atoms with E-state index in [9.17, 15) is 8.42 Å². The van der Waals surface area contributed by atoms with Gasteiger partial charge in [0.15, 0.2) is 0 Å². The van der Waals surface area contributed by atoms with Crippen LogP contribution in [0.5, 0.6) is 0 Å². The molecule has 6 heteroatoms. The van der Waals surface area contributed by atoms with E-state index in [0.29, 0.717) is 25.6 Å². The molecule has 0 aliphatic carbocycles. The average molecular weight is 292 g/mol. The minimum absolute atomic E-state index is 0.163. The molecule has 114 valence electrons. The van der Waals surface area contributed by atoms with Crippen molar-refractivity contribution in [3.63, 3.8) is 0 Å². The van der Waals surface area contributed by atoms with E-state index in [4.69, 9.17) is 5.11 Å². The normalized spacial score (nSPS) is 19.2. The van der Waals surface area contributed by atoms with Crippen molar-refractivity contribution in [1.82, 2.24) is 9.03 Å². The van der Waals surface area contributed by atoms with Gasteiger partial charge in [0.2, 0.25) is 0 Å². The minimum Gasteiger partial charge on any atom is -0.396 e. The lowest BCUT2D eigenvalue weighted by molar-refractivity contribution is 0.169. The Morgan fingerprint density at radius 2 is 1.89 bits per heavy atom. The SMILES string of the molecule is CC(C)CCCCNS(=O)(=O)N1CCC(CO)CC1. The van der Waals surface area contributed by atoms with Gasteiger partial charge in [-0.15, -0.1) is 0 Å². The van der Waals surface area contributed by atoms with Crippen molar-refractivity contribution in [2.75, 3.05) is 26.2 Å². The molecular formula is C13H28N2O3S. The van der Waals surface area contributed by atoms with Gasteiger partial charge in [0.05, 0.1) is 0 Å². The van der Waals surface area contributed by atoms with Gasteiger partial charge in [-0.3, -0.25) is 0 Å². The molecule has 0 spiro atoms. The van der Waals surface area contributed by atoms with Crippen molar-refractivity contribution >= 4 is 10.2 Å². The number of rotatable bonds is 8. The molecule has 0 bridgehead atoms. The maximum absolute atomic E-state index is 12.0. The number of aliphatic hydroxyl groups excluding tert-OH is 1. The van der Waals surface area contributed by atoms with Crippen molar-refractivity contribution in [3.05, 3.63) is 0 Å². The topological polar surface area (TPSA) is 69.6 Å². The Balaban J connectivity index is 2.24. The van der Waals surface area contributed by atoms with Crippen LogP contribution >= 0.6 is 0 Å². The van der Waals surface area contributed by atoms with Gasteiger partial charge in [0.25, 0.3) is 10.2 Å². The molecule has 0 aromatic carbocycles. The molecule has 5 nitrogen and oxygen atoms in total. The second-order valence-electron chi connectivity index (χ2n) is 5.81. The Morgan fingerprint density at radius 3 is 2.42 bits per heavy atom. The van der Waals surface area contributed by atoms with E-state index in [1.165, 1.54) is 4.31 Å². The predicted octanol–water partition coefficient (Wildman–Crippen LogP) is 1.35. The molecule has 2 N–H and O–H groups in total. The lowest BCUT2D eigenvalue weighted by Crippen LogP contribution is -2.45. The van der Waals surface area contributed by atoms with Gasteiger partial charge >= 0.3 is 0 Å². The van der Waals surface area contributed by atoms with Gasteiger partial charge < -0.3 is 5.11 Å². The summed E-state index contributed by atoms with van der Waals surface area (Å²) in [5.41, 5.74) is 0. The molecule has 1 saturated heterocycles. The summed E-state index contributed by atoms with van der Waals surface area (Å²) in [5.74, 6) is 0.937. The number of nitrogens with one attached hydrogen (secondary N) is 1. The van der Waals surface area contributed by atoms with Crippen molar-refractivity contribution in [1.29, 1.82) is 0 Å². The molecule has 0 saturated carbocycles. The highest BCUT2D eigenvalue weighted by Crippen LogP contribution is 2.18. The first kappa shape index (κ1) is 16.9. The van der Waals surface area contributed by atoms with Crippen LogP contribution in [0.2, 0.25) is 0 Å². The quantitative estimate of drug-likeness (QED) is 0.664. The zero-order valence-electron chi connectivity index (χ0n) is 12.1. The Bertz CT molecular complexity index is 336. The van der Waals surface area contributed by atoms with Gasteiger partial charge in [-0.25, -0.2) is 4.72 Å². The predicted molar refractivity (Wildman–Crippen MR) is 77.0 cm³/mol. The molecule has 1 heterocycles. The molecule has 1 fully saturated rings. The van der Waals surface area contributed by atoms with Gasteiger partial charge in [0.1, 0.15) is 0 Å². The second-order valence-corrected chi connectivity index (χ2v) is 7.57. The molecule has 0 aromatic rings. The Morgan fingerprint density at radius 1 is 1.26 bits per heavy atom. The van der Waals surface area contributed by atoms with Crippen LogP contribution in [0.25, 0.3) is 0 Å². The Hall–Kier alpha value is -0.170. The second kappa shape index (κ2) is 8.19. The maximum atomic E-state index is 12.0. The highest BCUT2D eigenvalue weighted by molar-refractivity contribution is 7.87. The van der Waals surface area contributed by atoms with Gasteiger partial charge in [-0.1, -0.05) is 26.7 Å². The van der Waals surface area contributed by atoms with Crippen molar-refractivity contribution in [2.24, 2.45) is 11.8 Å². The summed E-state index contributed by atoms with van der Waals surface area (Å²) in [6.45, 7) is 6.08. The largest absolute Gasteiger partial charge is 0.396 e. The third-order valence-electron chi connectivity index (χ3n) is 3.66. The van der Waals surface area contributed by atoms with Crippen LogP contribution in [0, 0.1) is 11.8 Å². The third-order valence-corrected chi connectivity index (χ3v) is 5.28. The number of unbranched alkanes of at least 4 members (excludes halogenated alkanes) is 1. The Kier molecular flexibility index (Phi) is 7.28. The van der Waals surface area contributed by atoms with E-state index in [-0.39, 0.29) is 12.5 Å². The van der Waals surface area contributed by atoms with E-state index in [0.717, 1.165) is 32.1 Å². The molecule has 1 aliphatic rings. The van der Waals surface area contributed by atoms with Crippen LogP contribution in [0.3, 0.4) is 0 Å². The number of aliphatic hydroxyl groups is 1. The fourth-order valence-electron chi connectivity index (χ4n) is 2.30. The molecule has 1 aliphatic heterocycles. The fourth-order valence-corrected chi connectivity index (χ4v) is 3.58. The summed E-state index contributed by atoms with van der Waals surface area (Å²) >= 11 is 0. The summed E-state index contributed by atoms with van der Waals surface area (Å²) in [7, 11) is -3.31. The fraction of sp³-hybridized carbons (Fsp3) is 1.00. The smallest absolute Gasteiger partial charge is 0.279 e. The van der Waals surface area contributed by atoms with E-state index >= 15 is 0 Å². The maximum Gasteiger partial charge on any atom is 0.279 e. The first-order chi connectivity index (χ1) is 8.95. The van der Waals surface area contributed by atoms with E-state index in [1.807, 2.05) is 0 Å². The van der Waals surface area contributed by atoms with Gasteiger partial charge in [-0.2, -0.15) is 12.7 Å². The lowest BCUT2D eigenvalue weighted by Gasteiger charge is -2.30. The number of hydrogen-bond donors (Lipinski definition) is 2. The summed E-state index contributed by atoms with van der Waals surface area (Å²) in [5, 5.41) is 9.04. The van der Waals surface area contributed by atoms with Crippen molar-refractivity contribution in [3.8, 4) is 0 Å². The summed E-state index contributed by atoms with van der Waals surface area (Å²) in [6.07, 6.45) is 4.61. The molecule has 19 heavy (non-hydrogen) atoms. The first-order valence-electron chi connectivity index (χ1n) is 7.31. The van der Waals surface area contributed by atoms with Gasteiger partial charge in [-0.05, 0) is 31.1 Å². The van der Waals surface area contributed by atoms with E-state index in [1.54, 1.807) is 0 Å². The lowest BCUT2D eigenvalue weighted by atomic mass is 10.00. The van der Waals surface area contributed by atoms with E-state index in [2.05, 4.69) is 18.6 Å². The highest BCUT2D eigenvalue weighted by atomic mass is 32.2. The van der Waals surface area contributed by atoms with Crippen LogP contribution < -0.4 is 4.72 Å². The number of piperidine rings is 1. The summed E-state index contributed by atoms with van der Waals surface area (Å²) < 4.78 is 28.2. The van der Waals surface area contributed by atoms with Crippen LogP contribution in [-0.2, 0) is 10.2 Å². The third kappa shape index (κ3) is 6.21. The Labute approximate surface area is 117 Å². The summed E-state index contributed by atoms with van der Waals surface area (Å²) in [6, 6.07) is 0. The molecule has 0 unspecified atom stereocenters. The molecule has 1 rings (SSSR count). The standard InChI is InChI=1S/C13H28N2O3S/c1-12(2)5-3-4-8-14-19(17,18)15-9-6-13(11-16)7-10-15/h12-14,16H,3-11H2,1-2H3. The minimum atomic E-state index is -3.31. The van der Waals surface area contributed by atoms with Crippen LogP contribution in [0.1, 0.15) is 46.0 Å². The molecule has 0 aromatic heterocycles. The van der Waals surface area contributed by atoms with Crippen molar-refractivity contribution in [2.45, 2.75) is 46.0 Å². The molecule has 0 radical (unpaired) electrons. The number of hydrogen-bond acceptors (Lipinski definition) is 3. The van der Waals surface area contributed by atoms with Crippen LogP contribution in [0.15, 0.2) is 0 Å². The first-order valence-corrected chi connectivity index (χ1v) is 8.75. The monoisotopic (exact) mass is 292 g/mol. The zero-order valence-corrected chi connectivity index (χ0v) is 13.0. The molecular weight excluding hydrogens is 264 g/mol. The van der Waals surface area contributed by atoms with Gasteiger partial charge in [0, 0.05) is 26.2 Å². The number of nitrogens with zero attached hydrogens (tertiary/aromatic N) is 1. The highest BCUT2D eigenvalue weighted by Gasteiger charge is 2.26. The van der Waals surface area contributed by atoms with Crippen LogP contribution in [0.4, 0.5) is 0 Å². The van der Waals surface area contributed by atoms with E-state index < -0.39 is 10.2 Å². The molecule has 0 amide bonds.